The zero-order valence-electron chi connectivity index (χ0n) is 6.17. The summed E-state index contributed by atoms with van der Waals surface area (Å²) in [5.74, 6) is 0. The smallest absolute Gasteiger partial charge is 0.128 e. The molecule has 0 amide bonds. The molecule has 2 heterocycles. The van der Waals surface area contributed by atoms with Crippen LogP contribution in [0.25, 0.3) is 0 Å². The van der Waals surface area contributed by atoms with E-state index in [-0.39, 0.29) is 24.4 Å². The highest BCUT2D eigenvalue weighted by molar-refractivity contribution is 4.88. The molecule has 12 heavy (non-hydrogen) atoms. The molecule has 0 N–H and O–H groups in total. The molecular formula is C6H8O6. The Morgan fingerprint density at radius 2 is 0.917 bits per heavy atom. The topological polar surface area (TPSA) is 55.4 Å². The molecule has 0 spiro atoms. The molecule has 3 aliphatic rings. The first-order valence-corrected chi connectivity index (χ1v) is 3.91. The molecular weight excluding hydrogens is 168 g/mol. The van der Waals surface area contributed by atoms with Crippen LogP contribution in [-0.4, -0.2) is 24.4 Å². The molecule has 0 aromatic carbocycles. The van der Waals surface area contributed by atoms with Crippen molar-refractivity contribution in [3.8, 4) is 0 Å². The third-order valence-electron chi connectivity index (χ3n) is 2.41. The lowest BCUT2D eigenvalue weighted by Gasteiger charge is -2.24. The third kappa shape index (κ3) is 0.972. The van der Waals surface area contributed by atoms with E-state index >= 15 is 0 Å². The molecule has 2 aliphatic heterocycles. The van der Waals surface area contributed by atoms with Gasteiger partial charge < -0.3 is 0 Å². The van der Waals surface area contributed by atoms with Gasteiger partial charge >= 0.3 is 0 Å². The van der Waals surface area contributed by atoms with Crippen molar-refractivity contribution in [1.82, 2.24) is 0 Å². The van der Waals surface area contributed by atoms with E-state index in [1.807, 2.05) is 0 Å². The fourth-order valence-corrected chi connectivity index (χ4v) is 1.72. The molecule has 0 aromatic rings. The maximum Gasteiger partial charge on any atom is 0.128 e. The van der Waals surface area contributed by atoms with E-state index in [0.29, 0.717) is 12.8 Å². The molecule has 3 rings (SSSR count). The van der Waals surface area contributed by atoms with Crippen LogP contribution in [0.4, 0.5) is 0 Å². The van der Waals surface area contributed by atoms with Crippen LogP contribution in [0, 0.1) is 0 Å². The van der Waals surface area contributed by atoms with Gasteiger partial charge in [-0.2, -0.15) is 19.6 Å². The number of rotatable bonds is 0. The Kier molecular flexibility index (Phi) is 1.57. The van der Waals surface area contributed by atoms with Crippen molar-refractivity contribution < 1.29 is 29.6 Å². The first kappa shape index (κ1) is 7.19. The molecule has 2 saturated heterocycles. The second-order valence-corrected chi connectivity index (χ2v) is 3.15. The first-order chi connectivity index (χ1) is 5.93. The van der Waals surface area contributed by atoms with Crippen molar-refractivity contribution >= 4 is 0 Å². The van der Waals surface area contributed by atoms with Gasteiger partial charge in [0.1, 0.15) is 24.4 Å². The predicted molar refractivity (Wildman–Crippen MR) is 30.9 cm³/mol. The molecule has 4 unspecified atom stereocenters. The minimum absolute atomic E-state index is 0.0588. The van der Waals surface area contributed by atoms with Crippen LogP contribution in [0.15, 0.2) is 0 Å². The number of hydrogen-bond acceptors (Lipinski definition) is 6. The highest BCUT2D eigenvalue weighted by Gasteiger charge is 2.48. The van der Waals surface area contributed by atoms with Gasteiger partial charge in [0.25, 0.3) is 0 Å². The van der Waals surface area contributed by atoms with E-state index in [9.17, 15) is 0 Å². The van der Waals surface area contributed by atoms with Crippen molar-refractivity contribution in [2.45, 2.75) is 37.3 Å². The van der Waals surface area contributed by atoms with Gasteiger partial charge in [-0.05, 0) is 0 Å². The fourth-order valence-electron chi connectivity index (χ4n) is 1.72. The summed E-state index contributed by atoms with van der Waals surface area (Å²) in [5.41, 5.74) is 0. The predicted octanol–water partition coefficient (Wildman–Crippen LogP) is 0.0414. The van der Waals surface area contributed by atoms with Crippen LogP contribution >= 0.6 is 0 Å². The van der Waals surface area contributed by atoms with Crippen LogP contribution in [0.1, 0.15) is 12.8 Å². The largest absolute Gasteiger partial charge is 0.200 e. The van der Waals surface area contributed by atoms with Crippen molar-refractivity contribution in [2.75, 3.05) is 0 Å². The molecule has 3 fully saturated rings. The average Bonchev–Trinajstić information content (AvgIpc) is 2.64. The third-order valence-corrected chi connectivity index (χ3v) is 2.41. The summed E-state index contributed by atoms with van der Waals surface area (Å²) < 4.78 is 0. The number of hydrogen-bond donors (Lipinski definition) is 0. The first-order valence-electron chi connectivity index (χ1n) is 3.91. The van der Waals surface area contributed by atoms with Crippen LogP contribution in [0.3, 0.4) is 0 Å². The van der Waals surface area contributed by atoms with E-state index in [4.69, 9.17) is 19.6 Å². The minimum Gasteiger partial charge on any atom is -0.200 e. The Bertz CT molecular complexity index is 149. The highest BCUT2D eigenvalue weighted by atomic mass is 17.5. The molecule has 6 heteroatoms. The lowest BCUT2D eigenvalue weighted by Crippen LogP contribution is -2.41. The molecule has 6 nitrogen and oxygen atoms in total. The summed E-state index contributed by atoms with van der Waals surface area (Å²) in [5, 5.41) is 8.81. The van der Waals surface area contributed by atoms with Crippen LogP contribution in [0.5, 0.6) is 0 Å². The van der Waals surface area contributed by atoms with Crippen molar-refractivity contribution in [1.29, 1.82) is 0 Å². The van der Waals surface area contributed by atoms with Gasteiger partial charge in [0.2, 0.25) is 0 Å². The highest BCUT2D eigenvalue weighted by Crippen LogP contribution is 2.35. The Hall–Kier alpha value is -0.240. The SMILES string of the molecule is C1C2OOOC2CC2OOOC12. The normalized spacial score (nSPS) is 52.0. The lowest BCUT2D eigenvalue weighted by atomic mass is 9.90. The Morgan fingerprint density at radius 1 is 0.583 bits per heavy atom. The number of fused-ring (bicyclic) bond motifs is 2. The average molecular weight is 176 g/mol. The molecule has 68 valence electrons. The van der Waals surface area contributed by atoms with Crippen LogP contribution in [-0.2, 0) is 29.6 Å². The monoisotopic (exact) mass is 176 g/mol. The summed E-state index contributed by atoms with van der Waals surface area (Å²) in [6, 6.07) is 0. The minimum atomic E-state index is -0.0588. The van der Waals surface area contributed by atoms with Crippen LogP contribution in [0.2, 0.25) is 0 Å². The molecule has 0 radical (unpaired) electrons. The van der Waals surface area contributed by atoms with Crippen molar-refractivity contribution in [3.63, 3.8) is 0 Å². The van der Waals surface area contributed by atoms with Gasteiger partial charge in [-0.15, -0.1) is 0 Å². The second kappa shape index (κ2) is 2.63. The summed E-state index contributed by atoms with van der Waals surface area (Å²) in [4.78, 5) is 19.4. The summed E-state index contributed by atoms with van der Waals surface area (Å²) >= 11 is 0. The lowest BCUT2D eigenvalue weighted by molar-refractivity contribution is -0.477. The van der Waals surface area contributed by atoms with Crippen molar-refractivity contribution in [2.24, 2.45) is 0 Å². The van der Waals surface area contributed by atoms with Gasteiger partial charge in [-0.3, -0.25) is 0 Å². The Labute approximate surface area is 67.9 Å². The van der Waals surface area contributed by atoms with Crippen molar-refractivity contribution in [3.05, 3.63) is 0 Å². The molecule has 4 atom stereocenters. The molecule has 1 aliphatic carbocycles. The van der Waals surface area contributed by atoms with E-state index in [1.54, 1.807) is 0 Å². The van der Waals surface area contributed by atoms with E-state index < -0.39 is 0 Å². The van der Waals surface area contributed by atoms with E-state index in [0.717, 1.165) is 0 Å². The van der Waals surface area contributed by atoms with Gasteiger partial charge in [-0.25, -0.2) is 0 Å². The van der Waals surface area contributed by atoms with Gasteiger partial charge in [-0.1, -0.05) is 10.1 Å². The Morgan fingerprint density at radius 3 is 1.25 bits per heavy atom. The van der Waals surface area contributed by atoms with Gasteiger partial charge in [0.05, 0.1) is 0 Å². The standard InChI is InChI=1S/C6H8O6/c1-3-5(9-11-7-3)2-6-4(1)8-12-10-6/h3-6H,1-2H2. The molecule has 0 bridgehead atoms. The summed E-state index contributed by atoms with van der Waals surface area (Å²) in [6.07, 6.45) is 1.12. The summed E-state index contributed by atoms with van der Waals surface area (Å²) in [6.45, 7) is 0. The van der Waals surface area contributed by atoms with Gasteiger partial charge in [0, 0.05) is 12.8 Å². The summed E-state index contributed by atoms with van der Waals surface area (Å²) in [7, 11) is 0. The quantitative estimate of drug-likeness (QED) is 0.486. The van der Waals surface area contributed by atoms with Crippen LogP contribution < -0.4 is 0 Å². The van der Waals surface area contributed by atoms with E-state index in [2.05, 4.69) is 10.1 Å². The Balaban J connectivity index is 1.75. The zero-order chi connectivity index (χ0) is 7.97. The fraction of sp³-hybridized carbons (Fsp3) is 1.00. The van der Waals surface area contributed by atoms with E-state index in [1.165, 1.54) is 0 Å². The second-order valence-electron chi connectivity index (χ2n) is 3.15. The molecule has 1 saturated carbocycles. The maximum atomic E-state index is 4.85. The molecule has 0 aromatic heterocycles. The zero-order valence-corrected chi connectivity index (χ0v) is 6.17. The maximum absolute atomic E-state index is 4.85. The van der Waals surface area contributed by atoms with Gasteiger partial charge in [0.15, 0.2) is 0 Å².